The monoisotopic (exact) mass is 334 g/mol. The first-order valence-electron chi connectivity index (χ1n) is 7.62. The Bertz CT molecular complexity index is 646. The lowest BCUT2D eigenvalue weighted by molar-refractivity contribution is -0.133. The van der Waals surface area contributed by atoms with Gasteiger partial charge in [0.15, 0.2) is 24.7 Å². The lowest BCUT2D eigenvalue weighted by Crippen LogP contribution is -2.42. The molecular weight excluding hydrogens is 316 g/mol. The summed E-state index contributed by atoms with van der Waals surface area (Å²) in [7, 11) is 1.53. The predicted molar refractivity (Wildman–Crippen MR) is 81.7 cm³/mol. The van der Waals surface area contributed by atoms with E-state index in [9.17, 15) is 14.4 Å². The van der Waals surface area contributed by atoms with Gasteiger partial charge in [-0.3, -0.25) is 9.59 Å². The molecular formula is C16H18N2O6. The molecule has 0 N–H and O–H groups in total. The number of nitrogens with zero attached hydrogens (tertiary/aromatic N) is 2. The molecule has 0 bridgehead atoms. The molecule has 128 valence electrons. The molecule has 2 fully saturated rings. The highest BCUT2D eigenvalue weighted by atomic mass is 16.6. The first-order chi connectivity index (χ1) is 11.6. The van der Waals surface area contributed by atoms with Crippen molar-refractivity contribution < 1.29 is 28.6 Å². The second-order valence-electron chi connectivity index (χ2n) is 5.54. The van der Waals surface area contributed by atoms with Gasteiger partial charge in [0, 0.05) is 13.1 Å². The first kappa shape index (κ1) is 16.1. The number of carbonyl (C=O) groups excluding carboxylic acids is 3. The molecule has 2 saturated heterocycles. The van der Waals surface area contributed by atoms with Crippen molar-refractivity contribution in [3.05, 3.63) is 24.3 Å². The van der Waals surface area contributed by atoms with Crippen LogP contribution in [0.1, 0.15) is 6.42 Å². The van der Waals surface area contributed by atoms with Crippen molar-refractivity contribution in [2.45, 2.75) is 12.5 Å². The minimum Gasteiger partial charge on any atom is -0.493 e. The average Bonchev–Trinajstić information content (AvgIpc) is 3.19. The maximum atomic E-state index is 12.3. The van der Waals surface area contributed by atoms with Gasteiger partial charge in [0.05, 0.1) is 13.2 Å². The van der Waals surface area contributed by atoms with Gasteiger partial charge in [-0.25, -0.2) is 9.69 Å². The van der Waals surface area contributed by atoms with E-state index in [1.807, 2.05) is 6.07 Å². The molecule has 8 heteroatoms. The third-order valence-corrected chi connectivity index (χ3v) is 4.09. The van der Waals surface area contributed by atoms with E-state index in [0.29, 0.717) is 31.0 Å². The van der Waals surface area contributed by atoms with Gasteiger partial charge in [0.25, 0.3) is 11.8 Å². The van der Waals surface area contributed by atoms with Crippen LogP contribution in [0.25, 0.3) is 0 Å². The van der Waals surface area contributed by atoms with E-state index in [1.54, 1.807) is 23.1 Å². The molecule has 1 atom stereocenters. The van der Waals surface area contributed by atoms with Crippen molar-refractivity contribution in [3.8, 4) is 11.5 Å². The molecule has 0 spiro atoms. The molecule has 3 amide bonds. The summed E-state index contributed by atoms with van der Waals surface area (Å²) >= 11 is 0. The van der Waals surface area contributed by atoms with Crippen molar-refractivity contribution in [2.24, 2.45) is 0 Å². The van der Waals surface area contributed by atoms with Crippen molar-refractivity contribution in [1.82, 2.24) is 9.80 Å². The van der Waals surface area contributed by atoms with Crippen LogP contribution in [0, 0.1) is 0 Å². The molecule has 24 heavy (non-hydrogen) atoms. The highest BCUT2D eigenvalue weighted by Crippen LogP contribution is 2.26. The van der Waals surface area contributed by atoms with Crippen LogP contribution < -0.4 is 9.47 Å². The number of ether oxygens (including phenoxy) is 3. The third-order valence-electron chi connectivity index (χ3n) is 4.09. The first-order valence-corrected chi connectivity index (χ1v) is 7.62. The number of carbonyl (C=O) groups is 3. The lowest BCUT2D eigenvalue weighted by atomic mass is 10.2. The van der Waals surface area contributed by atoms with E-state index < -0.39 is 6.09 Å². The Hall–Kier alpha value is -2.77. The average molecular weight is 334 g/mol. The second kappa shape index (κ2) is 6.77. The summed E-state index contributed by atoms with van der Waals surface area (Å²) in [4.78, 5) is 38.2. The predicted octanol–water partition coefficient (Wildman–Crippen LogP) is 0.654. The lowest BCUT2D eigenvalue weighted by Gasteiger charge is -2.20. The number of rotatable bonds is 5. The standard InChI is InChI=1S/C16H18N2O6/c1-22-12-4-2-3-5-13(12)23-9-14(19)17-7-6-11(8-17)18-15(20)10-24-16(18)21/h2-5,11H,6-10H2,1H3. The zero-order chi connectivity index (χ0) is 17.1. The number of benzene rings is 1. The zero-order valence-electron chi connectivity index (χ0n) is 13.3. The maximum Gasteiger partial charge on any atom is 0.417 e. The molecule has 0 aliphatic carbocycles. The smallest absolute Gasteiger partial charge is 0.417 e. The quantitative estimate of drug-likeness (QED) is 0.786. The summed E-state index contributed by atoms with van der Waals surface area (Å²) in [5.74, 6) is 0.477. The number of hydrogen-bond donors (Lipinski definition) is 0. The third kappa shape index (κ3) is 3.12. The Morgan fingerprint density at radius 1 is 1.29 bits per heavy atom. The fourth-order valence-corrected chi connectivity index (χ4v) is 2.87. The fraction of sp³-hybridized carbons (Fsp3) is 0.438. The van der Waals surface area contributed by atoms with Crippen LogP contribution in [0.15, 0.2) is 24.3 Å². The van der Waals surface area contributed by atoms with Gasteiger partial charge in [-0.05, 0) is 18.6 Å². The Kier molecular flexibility index (Phi) is 4.54. The van der Waals surface area contributed by atoms with Crippen molar-refractivity contribution in [1.29, 1.82) is 0 Å². The highest BCUT2D eigenvalue weighted by molar-refractivity contribution is 5.98. The topological polar surface area (TPSA) is 85.4 Å². The second-order valence-corrected chi connectivity index (χ2v) is 5.54. The van der Waals surface area contributed by atoms with Crippen molar-refractivity contribution in [2.75, 3.05) is 33.4 Å². The summed E-state index contributed by atoms with van der Waals surface area (Å²) in [6.45, 7) is 0.413. The van der Waals surface area contributed by atoms with Crippen LogP contribution in [0.4, 0.5) is 4.79 Å². The van der Waals surface area contributed by atoms with Crippen LogP contribution in [0.2, 0.25) is 0 Å². The van der Waals surface area contributed by atoms with Crippen LogP contribution in [0.5, 0.6) is 11.5 Å². The number of methoxy groups -OCH3 is 1. The van der Waals surface area contributed by atoms with Gasteiger partial charge in [-0.2, -0.15) is 0 Å². The molecule has 0 radical (unpaired) electrons. The van der Waals surface area contributed by atoms with Gasteiger partial charge in [0.1, 0.15) is 0 Å². The Morgan fingerprint density at radius 3 is 2.71 bits per heavy atom. The summed E-state index contributed by atoms with van der Waals surface area (Å²) < 4.78 is 15.4. The molecule has 3 rings (SSSR count). The van der Waals surface area contributed by atoms with Gasteiger partial charge < -0.3 is 19.1 Å². The Balaban J connectivity index is 1.55. The Labute approximate surface area is 138 Å². The number of para-hydroxylation sites is 2. The molecule has 2 aliphatic rings. The normalized spacial score (nSPS) is 20.3. The van der Waals surface area contributed by atoms with E-state index in [0.717, 1.165) is 4.90 Å². The minimum absolute atomic E-state index is 0.133. The van der Waals surface area contributed by atoms with E-state index in [1.165, 1.54) is 7.11 Å². The molecule has 2 aliphatic heterocycles. The largest absolute Gasteiger partial charge is 0.493 e. The van der Waals surface area contributed by atoms with Crippen molar-refractivity contribution >= 4 is 17.9 Å². The van der Waals surface area contributed by atoms with Crippen molar-refractivity contribution in [3.63, 3.8) is 0 Å². The molecule has 8 nitrogen and oxygen atoms in total. The van der Waals surface area contributed by atoms with Gasteiger partial charge in [-0.1, -0.05) is 12.1 Å². The molecule has 1 unspecified atom stereocenters. The van der Waals surface area contributed by atoms with E-state index in [-0.39, 0.29) is 31.1 Å². The molecule has 0 aromatic heterocycles. The minimum atomic E-state index is -0.635. The molecule has 0 saturated carbocycles. The van der Waals surface area contributed by atoms with Crippen LogP contribution in [0.3, 0.4) is 0 Å². The zero-order valence-corrected chi connectivity index (χ0v) is 13.3. The van der Waals surface area contributed by atoms with E-state index in [4.69, 9.17) is 14.2 Å². The van der Waals surface area contributed by atoms with Crippen LogP contribution in [-0.2, 0) is 14.3 Å². The highest BCUT2D eigenvalue weighted by Gasteiger charge is 2.41. The van der Waals surface area contributed by atoms with E-state index in [2.05, 4.69) is 0 Å². The van der Waals surface area contributed by atoms with Gasteiger partial charge in [0.2, 0.25) is 0 Å². The van der Waals surface area contributed by atoms with Crippen LogP contribution >= 0.6 is 0 Å². The number of cyclic esters (lactones) is 1. The number of hydrogen-bond acceptors (Lipinski definition) is 6. The maximum absolute atomic E-state index is 12.3. The number of amides is 3. The SMILES string of the molecule is COc1ccccc1OCC(=O)N1CCC(N2C(=O)COC2=O)C1. The molecule has 1 aromatic carbocycles. The molecule has 1 aromatic rings. The van der Waals surface area contributed by atoms with Crippen LogP contribution in [-0.4, -0.2) is 67.2 Å². The number of likely N-dealkylation sites (tertiary alicyclic amines) is 1. The Morgan fingerprint density at radius 2 is 2.04 bits per heavy atom. The van der Waals surface area contributed by atoms with E-state index >= 15 is 0 Å². The summed E-state index contributed by atoms with van der Waals surface area (Å²) in [5.41, 5.74) is 0. The summed E-state index contributed by atoms with van der Waals surface area (Å²) in [6, 6.07) is 6.74. The van der Waals surface area contributed by atoms with Gasteiger partial charge >= 0.3 is 6.09 Å². The van der Waals surface area contributed by atoms with Gasteiger partial charge in [-0.15, -0.1) is 0 Å². The summed E-state index contributed by atoms with van der Waals surface area (Å²) in [6.07, 6.45) is -0.0918. The summed E-state index contributed by atoms with van der Waals surface area (Å²) in [5, 5.41) is 0. The fourth-order valence-electron chi connectivity index (χ4n) is 2.87. The molecule has 2 heterocycles. The number of imide groups is 1.